The van der Waals surface area contributed by atoms with Crippen molar-refractivity contribution >= 4 is 5.91 Å². The van der Waals surface area contributed by atoms with Gasteiger partial charge in [-0.2, -0.15) is 5.26 Å². The number of carbonyl (C=O) groups excluding carboxylic acids is 1. The van der Waals surface area contributed by atoms with Crippen LogP contribution in [0.5, 0.6) is 0 Å². The number of carbonyl (C=O) groups is 1. The van der Waals surface area contributed by atoms with Gasteiger partial charge in [0.15, 0.2) is 0 Å². The van der Waals surface area contributed by atoms with Gasteiger partial charge in [-0.15, -0.1) is 0 Å². The number of nitrogens with zero attached hydrogens (tertiary/aromatic N) is 2. The predicted molar refractivity (Wildman–Crippen MR) is 132 cm³/mol. The van der Waals surface area contributed by atoms with Gasteiger partial charge in [-0.1, -0.05) is 42.5 Å². The second-order valence-corrected chi connectivity index (χ2v) is 9.89. The molecule has 1 amide bonds. The standard InChI is InChI=1S/C29H29F2N3O2/c1-36-11-9-19-5-8-25(27(31)12-19)29(28(35)34-17-22-15-33-16-23(22)18-34)10-3-2-4-24(29)20-6-7-21(14-32)26(30)13-20/h2-8,10,12-13,22-24,33H,9,11,15-18H2,1H3. The summed E-state index contributed by atoms with van der Waals surface area (Å²) in [5.74, 6) is -1.21. The summed E-state index contributed by atoms with van der Waals surface area (Å²) in [6.45, 7) is 3.41. The zero-order valence-electron chi connectivity index (χ0n) is 20.2. The quantitative estimate of drug-likeness (QED) is 0.670. The molecule has 2 heterocycles. The number of rotatable bonds is 6. The lowest BCUT2D eigenvalue weighted by Gasteiger charge is -2.41. The molecule has 36 heavy (non-hydrogen) atoms. The zero-order chi connectivity index (χ0) is 25.3. The van der Waals surface area contributed by atoms with Crippen molar-refractivity contribution in [3.8, 4) is 6.07 Å². The normalized spacial score (nSPS) is 26.7. The number of hydrogen-bond acceptors (Lipinski definition) is 4. The third-order valence-electron chi connectivity index (χ3n) is 7.84. The number of likely N-dealkylation sites (tertiary alicyclic amines) is 1. The first-order valence-electron chi connectivity index (χ1n) is 12.3. The monoisotopic (exact) mass is 489 g/mol. The maximum Gasteiger partial charge on any atom is 0.238 e. The summed E-state index contributed by atoms with van der Waals surface area (Å²) in [6.07, 6.45) is 7.72. The minimum atomic E-state index is -1.38. The Balaban J connectivity index is 1.63. The van der Waals surface area contributed by atoms with Crippen molar-refractivity contribution in [1.82, 2.24) is 10.2 Å². The van der Waals surface area contributed by atoms with Crippen LogP contribution in [0.1, 0.15) is 28.2 Å². The molecule has 4 unspecified atom stereocenters. The Bertz CT molecular complexity index is 1260. The average molecular weight is 490 g/mol. The Hall–Kier alpha value is -3.34. The van der Waals surface area contributed by atoms with Crippen molar-refractivity contribution < 1.29 is 18.3 Å². The fraction of sp³-hybridized carbons (Fsp3) is 0.379. The molecule has 2 aliphatic heterocycles. The highest BCUT2D eigenvalue weighted by Crippen LogP contribution is 2.47. The van der Waals surface area contributed by atoms with Crippen molar-refractivity contribution in [2.75, 3.05) is 39.9 Å². The van der Waals surface area contributed by atoms with Crippen LogP contribution in [-0.4, -0.2) is 50.7 Å². The minimum Gasteiger partial charge on any atom is -0.384 e. The molecule has 5 nitrogen and oxygen atoms in total. The van der Waals surface area contributed by atoms with Crippen LogP contribution in [0.15, 0.2) is 60.7 Å². The molecule has 0 radical (unpaired) electrons. The zero-order valence-corrected chi connectivity index (χ0v) is 20.2. The SMILES string of the molecule is COCCc1ccc(C2(C(=O)N3CC4CNCC4C3)C=CC=CC2c2ccc(C#N)c(F)c2)c(F)c1. The molecule has 2 aromatic carbocycles. The highest BCUT2D eigenvalue weighted by atomic mass is 19.1. The summed E-state index contributed by atoms with van der Waals surface area (Å²) in [4.78, 5) is 16.3. The molecule has 2 fully saturated rings. The van der Waals surface area contributed by atoms with Gasteiger partial charge in [-0.3, -0.25) is 4.79 Å². The van der Waals surface area contributed by atoms with E-state index in [0.29, 0.717) is 43.5 Å². The highest BCUT2D eigenvalue weighted by Gasteiger charge is 2.51. The van der Waals surface area contributed by atoms with Crippen molar-refractivity contribution in [3.63, 3.8) is 0 Å². The van der Waals surface area contributed by atoms with E-state index >= 15 is 4.39 Å². The first-order chi connectivity index (χ1) is 17.5. The second kappa shape index (κ2) is 9.96. The number of nitriles is 1. The lowest BCUT2D eigenvalue weighted by Crippen LogP contribution is -2.50. The Morgan fingerprint density at radius 2 is 1.92 bits per heavy atom. The first kappa shape index (κ1) is 24.4. The molecule has 3 aliphatic rings. The number of amides is 1. The number of fused-ring (bicyclic) bond motifs is 1. The molecule has 1 N–H and O–H groups in total. The Labute approximate surface area is 210 Å². The van der Waals surface area contributed by atoms with Crippen LogP contribution < -0.4 is 5.32 Å². The smallest absolute Gasteiger partial charge is 0.238 e. The summed E-state index contributed by atoms with van der Waals surface area (Å²) in [5, 5.41) is 12.6. The molecule has 0 bridgehead atoms. The topological polar surface area (TPSA) is 65.4 Å². The number of allylic oxidation sites excluding steroid dienone is 3. The molecule has 5 rings (SSSR count). The molecule has 2 aromatic rings. The summed E-state index contributed by atoms with van der Waals surface area (Å²) in [7, 11) is 1.60. The van der Waals surface area contributed by atoms with Gasteiger partial charge < -0.3 is 15.0 Å². The molecule has 186 valence electrons. The number of hydrogen-bond donors (Lipinski definition) is 1. The fourth-order valence-electron chi connectivity index (χ4n) is 5.96. The van der Waals surface area contributed by atoms with Crippen LogP contribution in [0.4, 0.5) is 8.78 Å². The van der Waals surface area contributed by atoms with Crippen molar-refractivity contribution in [1.29, 1.82) is 5.26 Å². The van der Waals surface area contributed by atoms with E-state index in [1.54, 1.807) is 37.5 Å². The van der Waals surface area contributed by atoms with Gasteiger partial charge in [0.05, 0.1) is 12.2 Å². The number of ether oxygens (including phenoxy) is 1. The number of benzene rings is 2. The maximum atomic E-state index is 15.9. The highest BCUT2D eigenvalue weighted by molar-refractivity contribution is 5.93. The van der Waals surface area contributed by atoms with E-state index in [1.165, 1.54) is 18.2 Å². The lowest BCUT2D eigenvalue weighted by atomic mass is 9.64. The molecule has 4 atom stereocenters. The van der Waals surface area contributed by atoms with Crippen molar-refractivity contribution in [3.05, 3.63) is 94.6 Å². The summed E-state index contributed by atoms with van der Waals surface area (Å²) < 4.78 is 35.7. The number of halogens is 2. The van der Waals surface area contributed by atoms with Crippen molar-refractivity contribution in [2.24, 2.45) is 11.8 Å². The molecular weight excluding hydrogens is 460 g/mol. The van der Waals surface area contributed by atoms with Crippen LogP contribution in [0.25, 0.3) is 0 Å². The summed E-state index contributed by atoms with van der Waals surface area (Å²) in [6, 6.07) is 11.2. The Morgan fingerprint density at radius 1 is 1.14 bits per heavy atom. The summed E-state index contributed by atoms with van der Waals surface area (Å²) in [5.41, 5.74) is 0.104. The van der Waals surface area contributed by atoms with E-state index in [9.17, 15) is 14.4 Å². The van der Waals surface area contributed by atoms with Gasteiger partial charge in [0.2, 0.25) is 5.91 Å². The largest absolute Gasteiger partial charge is 0.384 e. The summed E-state index contributed by atoms with van der Waals surface area (Å²) >= 11 is 0. The number of methoxy groups -OCH3 is 1. The Kier molecular flexibility index (Phi) is 6.74. The van der Waals surface area contributed by atoms with E-state index in [4.69, 9.17) is 4.74 Å². The average Bonchev–Trinajstić information content (AvgIpc) is 3.50. The maximum absolute atomic E-state index is 15.9. The van der Waals surface area contributed by atoms with Gasteiger partial charge in [0, 0.05) is 44.8 Å². The predicted octanol–water partition coefficient (Wildman–Crippen LogP) is 3.85. The van der Waals surface area contributed by atoms with Gasteiger partial charge >= 0.3 is 0 Å². The second-order valence-electron chi connectivity index (χ2n) is 9.89. The first-order valence-corrected chi connectivity index (χ1v) is 12.3. The van der Waals surface area contributed by atoms with Gasteiger partial charge in [-0.05, 0) is 47.6 Å². The van der Waals surface area contributed by atoms with Crippen LogP contribution >= 0.6 is 0 Å². The molecule has 7 heteroatoms. The fourth-order valence-corrected chi connectivity index (χ4v) is 5.96. The lowest BCUT2D eigenvalue weighted by molar-refractivity contribution is -0.135. The van der Waals surface area contributed by atoms with Crippen LogP contribution in [0, 0.1) is 34.8 Å². The van der Waals surface area contributed by atoms with Gasteiger partial charge in [0.1, 0.15) is 23.1 Å². The van der Waals surface area contributed by atoms with Crippen LogP contribution in [0.2, 0.25) is 0 Å². The molecule has 2 saturated heterocycles. The van der Waals surface area contributed by atoms with E-state index in [-0.39, 0.29) is 17.0 Å². The Morgan fingerprint density at radius 3 is 2.58 bits per heavy atom. The van der Waals surface area contributed by atoms with E-state index < -0.39 is 23.0 Å². The van der Waals surface area contributed by atoms with E-state index in [1.807, 2.05) is 23.1 Å². The van der Waals surface area contributed by atoms with E-state index in [2.05, 4.69) is 5.32 Å². The van der Waals surface area contributed by atoms with Gasteiger partial charge in [0.25, 0.3) is 0 Å². The third-order valence-corrected chi connectivity index (χ3v) is 7.84. The molecular formula is C29H29F2N3O2. The minimum absolute atomic E-state index is 0.0699. The van der Waals surface area contributed by atoms with Crippen LogP contribution in [0.3, 0.4) is 0 Å². The van der Waals surface area contributed by atoms with Crippen LogP contribution in [-0.2, 0) is 21.4 Å². The van der Waals surface area contributed by atoms with Crippen molar-refractivity contribution in [2.45, 2.75) is 17.8 Å². The number of nitrogens with one attached hydrogen (secondary N) is 1. The molecule has 0 spiro atoms. The third kappa shape index (κ3) is 4.15. The molecule has 0 aromatic heterocycles. The molecule has 0 saturated carbocycles. The molecule has 1 aliphatic carbocycles. The van der Waals surface area contributed by atoms with Gasteiger partial charge in [-0.25, -0.2) is 8.78 Å². The van der Waals surface area contributed by atoms with E-state index in [0.717, 1.165) is 18.7 Å².